The summed E-state index contributed by atoms with van der Waals surface area (Å²) < 4.78 is 13.2. The lowest BCUT2D eigenvalue weighted by Gasteiger charge is -2.10. The Kier molecular flexibility index (Phi) is 4.89. The lowest BCUT2D eigenvalue weighted by Crippen LogP contribution is -2.36. The van der Waals surface area contributed by atoms with Crippen molar-refractivity contribution in [3.63, 3.8) is 0 Å². The van der Waals surface area contributed by atoms with Crippen LogP contribution in [0.5, 0.6) is 0 Å². The van der Waals surface area contributed by atoms with E-state index in [2.05, 4.69) is 21.2 Å². The summed E-state index contributed by atoms with van der Waals surface area (Å²) in [6.07, 6.45) is 0.799. The first-order chi connectivity index (χ1) is 7.54. The van der Waals surface area contributed by atoms with E-state index in [1.54, 1.807) is 0 Å². The number of nitrogens with one attached hydrogen (secondary N) is 1. The van der Waals surface area contributed by atoms with Crippen LogP contribution < -0.4 is 11.1 Å². The van der Waals surface area contributed by atoms with Crippen LogP contribution in [0, 0.1) is 5.82 Å². The summed E-state index contributed by atoms with van der Waals surface area (Å²) in [5, 5.41) is 2.69. The second kappa shape index (κ2) is 5.96. The minimum Gasteiger partial charge on any atom is -0.350 e. The van der Waals surface area contributed by atoms with Gasteiger partial charge < -0.3 is 11.1 Å². The van der Waals surface area contributed by atoms with Crippen molar-refractivity contribution in [1.29, 1.82) is 0 Å². The third-order valence-corrected chi connectivity index (χ3v) is 2.84. The van der Waals surface area contributed by atoms with Gasteiger partial charge in [0.15, 0.2) is 0 Å². The second-order valence-corrected chi connectivity index (χ2v) is 4.36. The van der Waals surface area contributed by atoms with Crippen LogP contribution in [0.15, 0.2) is 22.7 Å². The van der Waals surface area contributed by atoms with Crippen LogP contribution in [-0.2, 0) is 0 Å². The number of amides is 1. The van der Waals surface area contributed by atoms with Crippen molar-refractivity contribution >= 4 is 21.8 Å². The Labute approximate surface area is 102 Å². The Morgan fingerprint density at radius 2 is 2.31 bits per heavy atom. The highest BCUT2D eigenvalue weighted by molar-refractivity contribution is 9.10. The van der Waals surface area contributed by atoms with Crippen LogP contribution in [0.1, 0.15) is 23.7 Å². The van der Waals surface area contributed by atoms with Crippen molar-refractivity contribution in [3.05, 3.63) is 34.1 Å². The minimum absolute atomic E-state index is 0.0483. The molecule has 1 atom stereocenters. The Morgan fingerprint density at radius 1 is 1.62 bits per heavy atom. The van der Waals surface area contributed by atoms with Crippen LogP contribution >= 0.6 is 15.9 Å². The number of rotatable bonds is 4. The quantitative estimate of drug-likeness (QED) is 0.891. The molecule has 16 heavy (non-hydrogen) atoms. The molecule has 0 aliphatic rings. The molecule has 0 aliphatic carbocycles. The molecule has 5 heteroatoms. The molecule has 0 saturated carbocycles. The second-order valence-electron chi connectivity index (χ2n) is 3.51. The van der Waals surface area contributed by atoms with Gasteiger partial charge in [0.25, 0.3) is 5.91 Å². The highest BCUT2D eigenvalue weighted by Gasteiger charge is 2.09. The Bertz CT molecular complexity index is 384. The molecule has 1 unspecified atom stereocenters. The number of nitrogens with two attached hydrogens (primary N) is 1. The number of hydrogen-bond acceptors (Lipinski definition) is 2. The van der Waals surface area contributed by atoms with Crippen molar-refractivity contribution in [1.82, 2.24) is 5.32 Å². The van der Waals surface area contributed by atoms with Crippen LogP contribution in [-0.4, -0.2) is 18.5 Å². The lowest BCUT2D eigenvalue weighted by atomic mass is 10.2. The van der Waals surface area contributed by atoms with Gasteiger partial charge in [-0.25, -0.2) is 4.39 Å². The smallest absolute Gasteiger partial charge is 0.251 e. The van der Waals surface area contributed by atoms with Gasteiger partial charge in [-0.05, 0) is 40.5 Å². The first-order valence-corrected chi connectivity index (χ1v) is 5.82. The summed E-state index contributed by atoms with van der Waals surface area (Å²) in [5.74, 6) is -0.633. The highest BCUT2D eigenvalue weighted by Crippen LogP contribution is 2.16. The number of hydrogen-bond donors (Lipinski definition) is 2. The summed E-state index contributed by atoms with van der Waals surface area (Å²) in [6, 6.07) is 4.08. The molecule has 0 radical (unpaired) electrons. The zero-order chi connectivity index (χ0) is 12.1. The monoisotopic (exact) mass is 288 g/mol. The van der Waals surface area contributed by atoms with Crippen molar-refractivity contribution in [2.45, 2.75) is 19.4 Å². The van der Waals surface area contributed by atoms with E-state index in [-0.39, 0.29) is 22.2 Å². The maximum absolute atomic E-state index is 12.9. The highest BCUT2D eigenvalue weighted by atomic mass is 79.9. The third-order valence-electron chi connectivity index (χ3n) is 2.23. The number of carbonyl (C=O) groups is 1. The van der Waals surface area contributed by atoms with E-state index in [0.29, 0.717) is 12.1 Å². The molecule has 0 fully saturated rings. The summed E-state index contributed by atoms with van der Waals surface area (Å²) >= 11 is 3.03. The van der Waals surface area contributed by atoms with Crippen LogP contribution in [0.4, 0.5) is 4.39 Å². The molecule has 1 aromatic carbocycles. The molecule has 1 amide bonds. The summed E-state index contributed by atoms with van der Waals surface area (Å²) in [7, 11) is 0. The van der Waals surface area contributed by atoms with Crippen LogP contribution in [0.2, 0.25) is 0 Å². The van der Waals surface area contributed by atoms with E-state index in [9.17, 15) is 9.18 Å². The minimum atomic E-state index is -0.387. The van der Waals surface area contributed by atoms with E-state index in [1.807, 2.05) is 6.92 Å². The predicted octanol–water partition coefficient (Wildman–Crippen LogP) is 2.06. The van der Waals surface area contributed by atoms with Gasteiger partial charge in [0, 0.05) is 18.2 Å². The van der Waals surface area contributed by atoms with Gasteiger partial charge >= 0.3 is 0 Å². The number of benzene rings is 1. The largest absolute Gasteiger partial charge is 0.350 e. The van der Waals surface area contributed by atoms with Crippen molar-refractivity contribution in [2.24, 2.45) is 5.73 Å². The maximum atomic E-state index is 12.9. The molecule has 0 spiro atoms. The van der Waals surface area contributed by atoms with Gasteiger partial charge in [-0.1, -0.05) is 6.92 Å². The van der Waals surface area contributed by atoms with Crippen molar-refractivity contribution < 1.29 is 9.18 Å². The Balaban J connectivity index is 2.63. The van der Waals surface area contributed by atoms with E-state index in [1.165, 1.54) is 18.2 Å². The van der Waals surface area contributed by atoms with Gasteiger partial charge in [-0.2, -0.15) is 0 Å². The van der Waals surface area contributed by atoms with Gasteiger partial charge in [0.2, 0.25) is 0 Å². The molecule has 0 saturated heterocycles. The summed E-state index contributed by atoms with van der Waals surface area (Å²) in [6.45, 7) is 2.37. The Hall–Kier alpha value is -0.940. The third kappa shape index (κ3) is 3.57. The maximum Gasteiger partial charge on any atom is 0.251 e. The average molecular weight is 289 g/mol. The van der Waals surface area contributed by atoms with Gasteiger partial charge in [0.05, 0.1) is 4.47 Å². The first-order valence-electron chi connectivity index (χ1n) is 5.03. The molecule has 1 rings (SSSR count). The van der Waals surface area contributed by atoms with Crippen molar-refractivity contribution in [2.75, 3.05) is 6.54 Å². The fraction of sp³-hybridized carbons (Fsp3) is 0.364. The van der Waals surface area contributed by atoms with Gasteiger partial charge in [0.1, 0.15) is 5.82 Å². The van der Waals surface area contributed by atoms with E-state index < -0.39 is 0 Å². The average Bonchev–Trinajstić information content (AvgIpc) is 2.29. The Morgan fingerprint density at radius 3 is 2.88 bits per heavy atom. The van der Waals surface area contributed by atoms with Gasteiger partial charge in [-0.15, -0.1) is 0 Å². The molecule has 88 valence electrons. The molecule has 3 nitrogen and oxygen atoms in total. The molecule has 0 heterocycles. The number of halogens is 2. The summed E-state index contributed by atoms with van der Waals surface area (Å²) in [5.41, 5.74) is 6.08. The molecular weight excluding hydrogens is 275 g/mol. The molecule has 1 aromatic rings. The number of carbonyl (C=O) groups excluding carboxylic acids is 1. The SMILES string of the molecule is CCC(N)CNC(=O)c1ccc(F)c(Br)c1. The summed E-state index contributed by atoms with van der Waals surface area (Å²) in [4.78, 5) is 11.6. The zero-order valence-electron chi connectivity index (χ0n) is 8.97. The van der Waals surface area contributed by atoms with E-state index >= 15 is 0 Å². The predicted molar refractivity (Wildman–Crippen MR) is 64.7 cm³/mol. The molecule has 0 aliphatic heterocycles. The first kappa shape index (κ1) is 13.1. The molecule has 3 N–H and O–H groups in total. The lowest BCUT2D eigenvalue weighted by molar-refractivity contribution is 0.0951. The molecular formula is C11H14BrFN2O. The fourth-order valence-electron chi connectivity index (χ4n) is 1.11. The molecule has 0 bridgehead atoms. The van der Waals surface area contributed by atoms with E-state index in [4.69, 9.17) is 5.73 Å². The molecule has 0 aromatic heterocycles. The zero-order valence-corrected chi connectivity index (χ0v) is 10.6. The van der Waals surface area contributed by atoms with Gasteiger partial charge in [-0.3, -0.25) is 4.79 Å². The van der Waals surface area contributed by atoms with Crippen molar-refractivity contribution in [3.8, 4) is 0 Å². The fourth-order valence-corrected chi connectivity index (χ4v) is 1.49. The van der Waals surface area contributed by atoms with E-state index in [0.717, 1.165) is 6.42 Å². The topological polar surface area (TPSA) is 55.1 Å². The normalized spacial score (nSPS) is 12.2. The van der Waals surface area contributed by atoms with Crippen LogP contribution in [0.25, 0.3) is 0 Å². The van der Waals surface area contributed by atoms with Crippen LogP contribution in [0.3, 0.4) is 0 Å². The standard InChI is InChI=1S/C11H14BrFN2O/c1-2-8(14)6-15-11(16)7-3-4-10(13)9(12)5-7/h3-5,8H,2,6,14H2,1H3,(H,15,16).